The van der Waals surface area contributed by atoms with Crippen LogP contribution in [0.2, 0.25) is 0 Å². The average Bonchev–Trinajstić information content (AvgIpc) is 3.51. The third kappa shape index (κ3) is 15.7. The summed E-state index contributed by atoms with van der Waals surface area (Å²) in [7, 11) is 9.87. The standard InChI is InChI=1S/C14H18.C10H15.C5H5.3CH3.4ClH.2Zr/c1-9-5-7-13(11(9)3)14-8-6-10(2)12(14)4;1-7-6-10(4,5)9(3)8(7)2;1-2-4-5-3-1;;;;;;;;;/h5-6H,7-8H2,1-4H3;1-5H3;1-3H,4H2;3*1H3;4*1H;;/q;5*-1;;;;;+2;+3/p-4. The van der Waals surface area contributed by atoms with E-state index in [1.165, 1.54) is 39.0 Å². The average molecular weight is 756 g/mol. The van der Waals surface area contributed by atoms with Crippen molar-refractivity contribution in [2.45, 2.75) is 81.6 Å². The minimum atomic E-state index is -0.826. The van der Waals surface area contributed by atoms with Gasteiger partial charge in [-0.15, -0.1) is 13.3 Å². The monoisotopic (exact) mass is 751 g/mol. The van der Waals surface area contributed by atoms with Gasteiger partial charge in [-0.05, 0) is 62.8 Å². The van der Waals surface area contributed by atoms with E-state index in [0.29, 0.717) is 0 Å². The van der Waals surface area contributed by atoms with Gasteiger partial charge in [0.15, 0.2) is 0 Å². The zero-order valence-electron chi connectivity index (χ0n) is 25.5. The van der Waals surface area contributed by atoms with E-state index in [0.717, 1.165) is 19.3 Å². The van der Waals surface area contributed by atoms with Crippen LogP contribution in [0.3, 0.4) is 0 Å². The first-order valence-corrected chi connectivity index (χ1v) is 17.5. The van der Waals surface area contributed by atoms with Crippen LogP contribution in [0.4, 0.5) is 0 Å². The summed E-state index contributed by atoms with van der Waals surface area (Å²) >= 11 is -0.826. The summed E-state index contributed by atoms with van der Waals surface area (Å²) in [5, 5.41) is 0. The molecule has 0 unspecified atom stereocenters. The molecule has 0 aromatic carbocycles. The smallest absolute Gasteiger partial charge is 3.00 e. The van der Waals surface area contributed by atoms with Crippen LogP contribution in [0.25, 0.3) is 0 Å². The molecule has 0 nitrogen and oxygen atoms in total. The predicted molar refractivity (Wildman–Crippen MR) is 159 cm³/mol. The minimum Gasteiger partial charge on any atom is 3.00 e. The van der Waals surface area contributed by atoms with Crippen LogP contribution in [-0.2, 0) is 47.1 Å². The van der Waals surface area contributed by atoms with Gasteiger partial charge in [-0.2, -0.15) is 17.2 Å². The van der Waals surface area contributed by atoms with Crippen molar-refractivity contribution in [2.75, 3.05) is 0 Å². The molecule has 0 aliphatic heterocycles. The summed E-state index contributed by atoms with van der Waals surface area (Å²) in [6.45, 7) is 19.9. The molecule has 1 radical (unpaired) electrons. The zero-order valence-corrected chi connectivity index (χ0v) is 33.5. The Hall–Kier alpha value is 0.846. The van der Waals surface area contributed by atoms with E-state index in [2.05, 4.69) is 92.7 Å². The maximum absolute atomic E-state index is 4.93. The fourth-order valence-corrected chi connectivity index (χ4v) is 4.04. The molecule has 0 amide bonds. The summed E-state index contributed by atoms with van der Waals surface area (Å²) in [6, 6.07) is 0. The maximum Gasteiger partial charge on any atom is 3.00 e. The second-order valence-corrected chi connectivity index (χ2v) is 12.8. The summed E-state index contributed by atoms with van der Waals surface area (Å²) in [4.78, 5) is 0. The summed E-state index contributed by atoms with van der Waals surface area (Å²) in [6.07, 6.45) is 20.4. The van der Waals surface area contributed by atoms with E-state index < -0.39 is 20.8 Å². The molecule has 0 N–H and O–H groups in total. The fourth-order valence-electron chi connectivity index (χ4n) is 4.04. The molecule has 0 saturated carbocycles. The van der Waals surface area contributed by atoms with Crippen molar-refractivity contribution < 1.29 is 71.9 Å². The van der Waals surface area contributed by atoms with Crippen molar-refractivity contribution >= 4 is 17.0 Å². The Morgan fingerprint density at radius 1 is 0.763 bits per heavy atom. The largest absolute Gasteiger partial charge is 3.00 e. The van der Waals surface area contributed by atoms with Gasteiger partial charge in [0.1, 0.15) is 0 Å². The quantitative estimate of drug-likeness (QED) is 0.312. The van der Waals surface area contributed by atoms with Crippen molar-refractivity contribution in [3.63, 3.8) is 0 Å². The molecule has 0 fully saturated rings. The van der Waals surface area contributed by atoms with E-state index in [9.17, 15) is 0 Å². The number of rotatable bonds is 1. The van der Waals surface area contributed by atoms with Crippen LogP contribution in [-0.4, -0.2) is 0 Å². The van der Waals surface area contributed by atoms with Gasteiger partial charge in [-0.1, -0.05) is 56.4 Å². The number of hydrogen-bond donors (Lipinski definition) is 0. The van der Waals surface area contributed by atoms with E-state index in [-0.39, 0.29) is 78.7 Å². The van der Waals surface area contributed by atoms with Crippen LogP contribution in [0.5, 0.6) is 0 Å². The molecule has 4 aliphatic carbocycles. The predicted octanol–water partition coefficient (Wildman–Crippen LogP) is 5.47. The van der Waals surface area contributed by atoms with Gasteiger partial charge in [0.05, 0.1) is 0 Å². The summed E-state index contributed by atoms with van der Waals surface area (Å²) in [5.41, 5.74) is 13.5. The molecule has 0 saturated heterocycles. The Morgan fingerprint density at radius 2 is 1.16 bits per heavy atom. The van der Waals surface area contributed by atoms with Gasteiger partial charge in [0.25, 0.3) is 0 Å². The molecule has 0 aromatic rings. The van der Waals surface area contributed by atoms with Gasteiger partial charge < -0.3 is 47.1 Å². The molecule has 0 spiro atoms. The van der Waals surface area contributed by atoms with Crippen LogP contribution >= 0.6 is 17.0 Å². The first-order chi connectivity index (χ1) is 15.0. The topological polar surface area (TPSA) is 0 Å². The SMILES string of the molecule is CC1=CCC(C2=C(C)C(C)=CC2)=C1C.CC1=[C-]C(C)(C)C(C)=C1C.[C-]1=CC=CC1.[CH3-].[CH3-].[CH3-].[Cl-].[Cl-].[Cl][Zr][Cl].[Zr+3]. The molecule has 0 aromatic heterocycles. The van der Waals surface area contributed by atoms with E-state index in [1.54, 1.807) is 11.1 Å². The van der Waals surface area contributed by atoms with Gasteiger partial charge in [-0.25, -0.2) is 17.7 Å². The summed E-state index contributed by atoms with van der Waals surface area (Å²) < 4.78 is 0. The van der Waals surface area contributed by atoms with Crippen molar-refractivity contribution in [1.29, 1.82) is 0 Å². The molecule has 6 heteroatoms. The Morgan fingerprint density at radius 3 is 1.29 bits per heavy atom. The number of halogens is 4. The van der Waals surface area contributed by atoms with Crippen molar-refractivity contribution in [2.24, 2.45) is 5.41 Å². The van der Waals surface area contributed by atoms with Gasteiger partial charge in [0, 0.05) is 0 Å². The van der Waals surface area contributed by atoms with Crippen molar-refractivity contribution in [3.8, 4) is 0 Å². The Balaban J connectivity index is -0.0000000953. The van der Waals surface area contributed by atoms with Gasteiger partial charge in [-0.3, -0.25) is 12.2 Å². The third-order valence-corrected chi connectivity index (χ3v) is 6.83. The van der Waals surface area contributed by atoms with Crippen LogP contribution in [0.15, 0.2) is 80.5 Å². The third-order valence-electron chi connectivity index (χ3n) is 6.83. The molecular formula is C32H47Cl4Zr2-4. The molecular weight excluding hydrogens is 709 g/mol. The number of hydrogen-bond acceptors (Lipinski definition) is 0. The van der Waals surface area contributed by atoms with E-state index >= 15 is 0 Å². The van der Waals surface area contributed by atoms with Crippen LogP contribution < -0.4 is 24.8 Å². The van der Waals surface area contributed by atoms with Crippen molar-refractivity contribution in [3.05, 3.63) is 115 Å². The molecule has 4 aliphatic rings. The van der Waals surface area contributed by atoms with Crippen molar-refractivity contribution in [1.82, 2.24) is 0 Å². The van der Waals surface area contributed by atoms with Crippen LogP contribution in [0.1, 0.15) is 81.6 Å². The molecule has 4 rings (SSSR count). The second-order valence-electron chi connectivity index (χ2n) is 9.09. The first-order valence-electron chi connectivity index (χ1n) is 11.2. The number of allylic oxidation sites excluding steroid dienone is 16. The van der Waals surface area contributed by atoms with Crippen LogP contribution in [0, 0.1) is 39.8 Å². The molecule has 0 atom stereocenters. The Bertz CT molecular complexity index is 891. The maximum atomic E-state index is 4.93. The fraction of sp³-hybridized carbons (Fsp3) is 0.406. The zero-order chi connectivity index (χ0) is 24.5. The second kappa shape index (κ2) is 25.5. The molecule has 0 bridgehead atoms. The van der Waals surface area contributed by atoms with Gasteiger partial charge in [0.2, 0.25) is 0 Å². The summed E-state index contributed by atoms with van der Waals surface area (Å²) in [5.74, 6) is 0. The van der Waals surface area contributed by atoms with E-state index in [1.807, 2.05) is 12.2 Å². The minimum absolute atomic E-state index is 0. The first kappa shape index (κ1) is 51.6. The Labute approximate surface area is 288 Å². The molecule has 0 heterocycles. The molecule has 38 heavy (non-hydrogen) atoms. The van der Waals surface area contributed by atoms with E-state index in [4.69, 9.17) is 17.0 Å². The Kier molecular flexibility index (Phi) is 34.7. The molecule has 215 valence electrons. The normalized spacial score (nSPS) is 17.0. The van der Waals surface area contributed by atoms with Gasteiger partial charge >= 0.3 is 64.1 Å².